The second-order valence-electron chi connectivity index (χ2n) is 3.81. The van der Waals surface area contributed by atoms with Crippen molar-refractivity contribution in [1.82, 2.24) is 15.1 Å². The van der Waals surface area contributed by atoms with Crippen molar-refractivity contribution < 1.29 is 14.3 Å². The minimum Gasteiger partial charge on any atom is -0.464 e. The minimum absolute atomic E-state index is 0.181. The molecule has 1 aromatic rings. The predicted molar refractivity (Wildman–Crippen MR) is 77.1 cm³/mol. The van der Waals surface area contributed by atoms with E-state index in [2.05, 4.69) is 39.0 Å². The van der Waals surface area contributed by atoms with Crippen LogP contribution in [0.5, 0.6) is 0 Å². The van der Waals surface area contributed by atoms with Crippen LogP contribution in [0.3, 0.4) is 0 Å². The second kappa shape index (κ2) is 7.54. The maximum absolute atomic E-state index is 12.0. The number of halogens is 1. The average Bonchev–Trinajstić information content (AvgIpc) is 2.81. The van der Waals surface area contributed by atoms with Crippen molar-refractivity contribution in [1.29, 1.82) is 0 Å². The Morgan fingerprint density at radius 3 is 2.79 bits per heavy atom. The first-order valence-corrected chi connectivity index (χ1v) is 7.19. The van der Waals surface area contributed by atoms with Gasteiger partial charge in [-0.15, -0.1) is 0 Å². The molecule has 0 aliphatic heterocycles. The van der Waals surface area contributed by atoms with Crippen molar-refractivity contribution in [3.8, 4) is 0 Å². The summed E-state index contributed by atoms with van der Waals surface area (Å²) >= 11 is 7.29. The first-order chi connectivity index (χ1) is 8.99. The quantitative estimate of drug-likeness (QED) is 0.597. The first-order valence-electron chi connectivity index (χ1n) is 5.77. The number of amides is 1. The Bertz CT molecular complexity index is 452. The molecule has 0 saturated carbocycles. The van der Waals surface area contributed by atoms with E-state index in [0.717, 1.165) is 4.47 Å². The summed E-state index contributed by atoms with van der Waals surface area (Å²) in [6.07, 6.45) is 3.27. The van der Waals surface area contributed by atoms with E-state index in [1.807, 2.05) is 0 Å². The van der Waals surface area contributed by atoms with Gasteiger partial charge in [-0.05, 0) is 29.8 Å². The van der Waals surface area contributed by atoms with E-state index in [9.17, 15) is 9.59 Å². The van der Waals surface area contributed by atoms with Crippen molar-refractivity contribution in [2.24, 2.45) is 0 Å². The van der Waals surface area contributed by atoms with E-state index in [1.54, 1.807) is 26.2 Å². The summed E-state index contributed by atoms with van der Waals surface area (Å²) in [6.45, 7) is 3.66. The zero-order valence-corrected chi connectivity index (χ0v) is 13.1. The second-order valence-corrected chi connectivity index (χ2v) is 5.09. The first kappa shape index (κ1) is 16.0. The molecule has 0 radical (unpaired) electrons. The molecule has 0 fully saturated rings. The van der Waals surface area contributed by atoms with Crippen LogP contribution in [0.2, 0.25) is 0 Å². The summed E-state index contributed by atoms with van der Waals surface area (Å²) in [4.78, 5) is 23.6. The average molecular weight is 350 g/mol. The highest BCUT2D eigenvalue weighted by Crippen LogP contribution is 2.12. The molecule has 0 bridgehead atoms. The van der Waals surface area contributed by atoms with Gasteiger partial charge in [0, 0.05) is 11.9 Å². The highest BCUT2D eigenvalue weighted by atomic mass is 79.9. The molecule has 1 heterocycles. The number of nitrogens with one attached hydrogen (secondary N) is 1. The maximum Gasteiger partial charge on any atom is 0.329 e. The Morgan fingerprint density at radius 1 is 1.63 bits per heavy atom. The molecule has 6 nitrogen and oxygen atoms in total. The lowest BCUT2D eigenvalue weighted by Gasteiger charge is -2.18. The lowest BCUT2D eigenvalue weighted by molar-refractivity contribution is -0.147. The standard InChI is InChI=1S/C11H16BrN3O3S/c1-3-18-11(17)9(6-19)14-10(16)7(2)15-5-8(12)4-13-15/h4-5,7,9,19H,3,6H2,1-2H3,(H,14,16)/t7?,9-/m0/s1. The minimum atomic E-state index is -0.753. The fraction of sp³-hybridized carbons (Fsp3) is 0.545. The fourth-order valence-corrected chi connectivity index (χ4v) is 1.90. The van der Waals surface area contributed by atoms with Crippen molar-refractivity contribution in [3.63, 3.8) is 0 Å². The summed E-state index contributed by atoms with van der Waals surface area (Å²) in [5, 5.41) is 6.62. The SMILES string of the molecule is CCOC(=O)[C@H](CS)NC(=O)C(C)n1cc(Br)cn1. The van der Waals surface area contributed by atoms with Crippen molar-refractivity contribution in [2.45, 2.75) is 25.9 Å². The fourth-order valence-electron chi connectivity index (χ4n) is 1.36. The smallest absolute Gasteiger partial charge is 0.329 e. The predicted octanol–water partition coefficient (Wildman–Crippen LogP) is 1.18. The lowest BCUT2D eigenvalue weighted by Crippen LogP contribution is -2.45. The largest absolute Gasteiger partial charge is 0.464 e. The van der Waals surface area contributed by atoms with Gasteiger partial charge in [0.05, 0.1) is 17.3 Å². The van der Waals surface area contributed by atoms with Crippen LogP contribution in [-0.2, 0) is 14.3 Å². The zero-order chi connectivity index (χ0) is 14.4. The Balaban J connectivity index is 2.64. The molecule has 0 aliphatic rings. The summed E-state index contributed by atoms with van der Waals surface area (Å²) < 4.78 is 7.13. The van der Waals surface area contributed by atoms with Crippen LogP contribution in [0, 0.1) is 0 Å². The Hall–Kier alpha value is -1.02. The van der Waals surface area contributed by atoms with Gasteiger partial charge in [-0.2, -0.15) is 17.7 Å². The van der Waals surface area contributed by atoms with Crippen LogP contribution in [0.15, 0.2) is 16.9 Å². The number of nitrogens with zero attached hydrogens (tertiary/aromatic N) is 2. The van der Waals surface area contributed by atoms with Crippen molar-refractivity contribution >= 4 is 40.4 Å². The summed E-state index contributed by atoms with van der Waals surface area (Å²) in [6, 6.07) is -1.28. The molecule has 1 N–H and O–H groups in total. The molecule has 2 atom stereocenters. The van der Waals surface area contributed by atoms with E-state index >= 15 is 0 Å². The number of carbonyl (C=O) groups excluding carboxylic acids is 2. The van der Waals surface area contributed by atoms with Gasteiger partial charge in [0.1, 0.15) is 12.1 Å². The molecule has 19 heavy (non-hydrogen) atoms. The molecule has 1 unspecified atom stereocenters. The van der Waals surface area contributed by atoms with E-state index < -0.39 is 18.1 Å². The summed E-state index contributed by atoms with van der Waals surface area (Å²) in [7, 11) is 0. The van der Waals surface area contributed by atoms with Crippen molar-refractivity contribution in [3.05, 3.63) is 16.9 Å². The molecule has 1 rings (SSSR count). The number of esters is 1. The van der Waals surface area contributed by atoms with Crippen LogP contribution in [-0.4, -0.2) is 40.1 Å². The third-order valence-electron chi connectivity index (χ3n) is 2.42. The number of ether oxygens (including phenoxy) is 1. The van der Waals surface area contributed by atoms with Gasteiger partial charge < -0.3 is 10.1 Å². The highest BCUT2D eigenvalue weighted by Gasteiger charge is 2.24. The lowest BCUT2D eigenvalue weighted by atomic mass is 10.2. The molecule has 1 amide bonds. The normalized spacial score (nSPS) is 13.7. The highest BCUT2D eigenvalue weighted by molar-refractivity contribution is 9.10. The van der Waals surface area contributed by atoms with Crippen LogP contribution in [0.25, 0.3) is 0 Å². The Labute approximate surface area is 125 Å². The molecule has 0 aliphatic carbocycles. The number of aromatic nitrogens is 2. The summed E-state index contributed by atoms with van der Waals surface area (Å²) in [5.41, 5.74) is 0. The van der Waals surface area contributed by atoms with Gasteiger partial charge in [-0.25, -0.2) is 4.79 Å². The van der Waals surface area contributed by atoms with Crippen LogP contribution in [0.1, 0.15) is 19.9 Å². The van der Waals surface area contributed by atoms with Crippen LogP contribution >= 0.6 is 28.6 Å². The maximum atomic E-state index is 12.0. The number of carbonyl (C=O) groups is 2. The van der Waals surface area contributed by atoms with E-state index in [-0.39, 0.29) is 18.3 Å². The number of hydrogen-bond donors (Lipinski definition) is 2. The Morgan fingerprint density at radius 2 is 2.32 bits per heavy atom. The number of hydrogen-bond acceptors (Lipinski definition) is 5. The van der Waals surface area contributed by atoms with Crippen LogP contribution < -0.4 is 5.32 Å². The summed E-state index contributed by atoms with van der Waals surface area (Å²) in [5.74, 6) is -0.623. The molecule has 0 aromatic carbocycles. The zero-order valence-electron chi connectivity index (χ0n) is 10.7. The molecular weight excluding hydrogens is 334 g/mol. The van der Waals surface area contributed by atoms with Gasteiger partial charge in [-0.3, -0.25) is 9.48 Å². The van der Waals surface area contributed by atoms with Gasteiger partial charge in [0.2, 0.25) is 5.91 Å². The topological polar surface area (TPSA) is 73.2 Å². The molecule has 8 heteroatoms. The third-order valence-corrected chi connectivity index (χ3v) is 3.19. The van der Waals surface area contributed by atoms with Gasteiger partial charge in [0.15, 0.2) is 0 Å². The Kier molecular flexibility index (Phi) is 6.36. The van der Waals surface area contributed by atoms with E-state index in [1.165, 1.54) is 4.68 Å². The third kappa shape index (κ3) is 4.54. The van der Waals surface area contributed by atoms with Gasteiger partial charge in [-0.1, -0.05) is 0 Å². The molecule has 0 saturated heterocycles. The van der Waals surface area contributed by atoms with E-state index in [0.29, 0.717) is 0 Å². The molecule has 106 valence electrons. The number of rotatable bonds is 6. The van der Waals surface area contributed by atoms with Crippen LogP contribution in [0.4, 0.5) is 0 Å². The van der Waals surface area contributed by atoms with E-state index in [4.69, 9.17) is 4.74 Å². The van der Waals surface area contributed by atoms with Gasteiger partial charge >= 0.3 is 5.97 Å². The monoisotopic (exact) mass is 349 g/mol. The molecular formula is C11H16BrN3O3S. The van der Waals surface area contributed by atoms with Gasteiger partial charge in [0.25, 0.3) is 0 Å². The molecule has 1 aromatic heterocycles. The molecule has 0 spiro atoms. The number of thiol groups is 1. The van der Waals surface area contributed by atoms with Crippen molar-refractivity contribution in [2.75, 3.05) is 12.4 Å².